The van der Waals surface area contributed by atoms with Crippen LogP contribution in [0, 0.1) is 0 Å². The van der Waals surface area contributed by atoms with E-state index >= 15 is 0 Å². The van der Waals surface area contributed by atoms with Crippen LogP contribution in [0.3, 0.4) is 0 Å². The summed E-state index contributed by atoms with van der Waals surface area (Å²) in [5, 5.41) is 13.0. The number of rotatable bonds is 11. The molecule has 0 aliphatic heterocycles. The first-order valence-corrected chi connectivity index (χ1v) is 11.2. The van der Waals surface area contributed by atoms with Gasteiger partial charge in [0.25, 0.3) is 5.91 Å². The molecule has 0 unspecified atom stereocenters. The first kappa shape index (κ1) is 23.3. The van der Waals surface area contributed by atoms with Crippen LogP contribution in [0.1, 0.15) is 15.9 Å². The standard InChI is InChI=1S/C22H25ClN4O3S/c1-29-13-11-24-21(28)17-9-7-16(8-10-17)15-31-22-26-25-20(27(22)12-14-30-2)18-5-3-4-6-19(18)23/h3-10H,11-15H2,1-2H3,(H,24,28). The van der Waals surface area contributed by atoms with Crippen molar-refractivity contribution in [2.75, 3.05) is 34.0 Å². The highest BCUT2D eigenvalue weighted by Gasteiger charge is 2.16. The molecule has 7 nitrogen and oxygen atoms in total. The normalized spacial score (nSPS) is 10.9. The van der Waals surface area contributed by atoms with Crippen molar-refractivity contribution in [3.05, 3.63) is 64.7 Å². The molecule has 9 heteroatoms. The summed E-state index contributed by atoms with van der Waals surface area (Å²) in [5.41, 5.74) is 2.54. The molecule has 31 heavy (non-hydrogen) atoms. The summed E-state index contributed by atoms with van der Waals surface area (Å²) in [5.74, 6) is 1.30. The van der Waals surface area contributed by atoms with E-state index in [4.69, 9.17) is 21.1 Å². The van der Waals surface area contributed by atoms with E-state index in [0.29, 0.717) is 48.5 Å². The monoisotopic (exact) mass is 460 g/mol. The zero-order valence-corrected chi connectivity index (χ0v) is 19.1. The zero-order valence-electron chi connectivity index (χ0n) is 17.5. The van der Waals surface area contributed by atoms with Crippen LogP contribution in [0.15, 0.2) is 53.7 Å². The number of aromatic nitrogens is 3. The number of ether oxygens (including phenoxy) is 2. The summed E-state index contributed by atoms with van der Waals surface area (Å²) in [7, 11) is 3.27. The number of hydrogen-bond donors (Lipinski definition) is 1. The van der Waals surface area contributed by atoms with Gasteiger partial charge >= 0.3 is 0 Å². The van der Waals surface area contributed by atoms with Gasteiger partial charge in [-0.3, -0.25) is 9.36 Å². The molecular weight excluding hydrogens is 436 g/mol. The highest BCUT2D eigenvalue weighted by atomic mass is 35.5. The number of carbonyl (C=O) groups is 1. The molecule has 0 saturated heterocycles. The summed E-state index contributed by atoms with van der Waals surface area (Å²) >= 11 is 7.95. The highest BCUT2D eigenvalue weighted by molar-refractivity contribution is 7.98. The average molecular weight is 461 g/mol. The third kappa shape index (κ3) is 6.30. The van der Waals surface area contributed by atoms with E-state index in [9.17, 15) is 4.79 Å². The summed E-state index contributed by atoms with van der Waals surface area (Å²) < 4.78 is 12.2. The van der Waals surface area contributed by atoms with Gasteiger partial charge < -0.3 is 14.8 Å². The Balaban J connectivity index is 1.70. The minimum atomic E-state index is -0.111. The van der Waals surface area contributed by atoms with Gasteiger partial charge in [-0.2, -0.15) is 0 Å². The van der Waals surface area contributed by atoms with E-state index in [1.807, 2.05) is 53.1 Å². The molecule has 1 aromatic heterocycles. The second-order valence-corrected chi connectivity index (χ2v) is 8.01. The first-order valence-electron chi connectivity index (χ1n) is 9.80. The number of methoxy groups -OCH3 is 2. The number of nitrogens with zero attached hydrogens (tertiary/aromatic N) is 3. The Morgan fingerprint density at radius 3 is 2.52 bits per heavy atom. The topological polar surface area (TPSA) is 78.3 Å². The minimum absolute atomic E-state index is 0.111. The van der Waals surface area contributed by atoms with E-state index in [2.05, 4.69) is 15.5 Å². The molecule has 0 atom stereocenters. The van der Waals surface area contributed by atoms with Crippen LogP contribution in [0.4, 0.5) is 0 Å². The molecule has 1 heterocycles. The van der Waals surface area contributed by atoms with E-state index in [-0.39, 0.29) is 5.91 Å². The largest absolute Gasteiger partial charge is 0.383 e. The van der Waals surface area contributed by atoms with Crippen LogP contribution < -0.4 is 5.32 Å². The number of amides is 1. The highest BCUT2D eigenvalue weighted by Crippen LogP contribution is 2.30. The fourth-order valence-electron chi connectivity index (χ4n) is 2.89. The van der Waals surface area contributed by atoms with Crippen LogP contribution in [-0.2, 0) is 21.8 Å². The van der Waals surface area contributed by atoms with Gasteiger partial charge in [0.1, 0.15) is 0 Å². The van der Waals surface area contributed by atoms with E-state index in [0.717, 1.165) is 16.3 Å². The number of hydrogen-bond acceptors (Lipinski definition) is 6. The molecule has 3 rings (SSSR count). The van der Waals surface area contributed by atoms with Gasteiger partial charge in [-0.1, -0.05) is 47.6 Å². The van der Waals surface area contributed by atoms with Gasteiger partial charge in [0.05, 0.1) is 24.8 Å². The molecule has 2 aromatic carbocycles. The fraction of sp³-hybridized carbons (Fsp3) is 0.318. The molecule has 0 radical (unpaired) electrons. The summed E-state index contributed by atoms with van der Waals surface area (Å²) in [6.45, 7) is 2.13. The molecule has 0 saturated carbocycles. The van der Waals surface area contributed by atoms with Crippen molar-refractivity contribution in [1.82, 2.24) is 20.1 Å². The number of thioether (sulfide) groups is 1. The van der Waals surface area contributed by atoms with Gasteiger partial charge in [-0.25, -0.2) is 0 Å². The lowest BCUT2D eigenvalue weighted by Gasteiger charge is -2.11. The molecule has 0 bridgehead atoms. The maximum Gasteiger partial charge on any atom is 0.251 e. The quantitative estimate of drug-likeness (QED) is 0.345. The summed E-state index contributed by atoms with van der Waals surface area (Å²) in [6.07, 6.45) is 0. The van der Waals surface area contributed by atoms with Gasteiger partial charge in [-0.15, -0.1) is 10.2 Å². The van der Waals surface area contributed by atoms with Gasteiger partial charge in [0.15, 0.2) is 11.0 Å². The Bertz CT molecular complexity index is 995. The van der Waals surface area contributed by atoms with Crippen molar-refractivity contribution in [2.24, 2.45) is 0 Å². The minimum Gasteiger partial charge on any atom is -0.383 e. The SMILES string of the molecule is COCCNC(=O)c1ccc(CSc2nnc(-c3ccccc3Cl)n2CCOC)cc1. The predicted molar refractivity (Wildman–Crippen MR) is 123 cm³/mol. The lowest BCUT2D eigenvalue weighted by molar-refractivity contribution is 0.0937. The maximum absolute atomic E-state index is 12.1. The molecule has 0 aliphatic rings. The van der Waals surface area contributed by atoms with Crippen molar-refractivity contribution in [1.29, 1.82) is 0 Å². The third-order valence-corrected chi connectivity index (χ3v) is 5.89. The Kier molecular flexibility index (Phi) is 8.90. The predicted octanol–water partition coefficient (Wildman–Crippen LogP) is 3.91. The van der Waals surface area contributed by atoms with E-state index < -0.39 is 0 Å². The second-order valence-electron chi connectivity index (χ2n) is 6.66. The zero-order chi connectivity index (χ0) is 22.1. The van der Waals surface area contributed by atoms with E-state index in [1.165, 1.54) is 0 Å². The second kappa shape index (κ2) is 11.9. The first-order chi connectivity index (χ1) is 15.1. The maximum atomic E-state index is 12.1. The third-order valence-electron chi connectivity index (χ3n) is 4.53. The van der Waals surface area contributed by atoms with Crippen molar-refractivity contribution < 1.29 is 14.3 Å². The Hall–Kier alpha value is -2.39. The van der Waals surface area contributed by atoms with Gasteiger partial charge in [0, 0.05) is 37.6 Å². The number of halogens is 1. The van der Waals surface area contributed by atoms with Gasteiger partial charge in [-0.05, 0) is 29.8 Å². The van der Waals surface area contributed by atoms with Crippen LogP contribution in [0.5, 0.6) is 0 Å². The molecular formula is C22H25ClN4O3S. The number of benzene rings is 2. The van der Waals surface area contributed by atoms with Crippen LogP contribution in [-0.4, -0.2) is 54.6 Å². The number of carbonyl (C=O) groups excluding carboxylic acids is 1. The number of nitrogens with one attached hydrogen (secondary N) is 1. The molecule has 0 spiro atoms. The lowest BCUT2D eigenvalue weighted by Crippen LogP contribution is -2.26. The Morgan fingerprint density at radius 2 is 1.81 bits per heavy atom. The molecule has 1 N–H and O–H groups in total. The van der Waals surface area contributed by atoms with Crippen molar-refractivity contribution >= 4 is 29.3 Å². The molecule has 0 aliphatic carbocycles. The lowest BCUT2D eigenvalue weighted by atomic mass is 10.1. The Labute approximate surface area is 191 Å². The fourth-order valence-corrected chi connectivity index (χ4v) is 4.03. The van der Waals surface area contributed by atoms with Gasteiger partial charge in [0.2, 0.25) is 0 Å². The average Bonchev–Trinajstić information content (AvgIpc) is 3.19. The van der Waals surface area contributed by atoms with Crippen molar-refractivity contribution in [2.45, 2.75) is 17.5 Å². The van der Waals surface area contributed by atoms with Crippen LogP contribution in [0.25, 0.3) is 11.4 Å². The summed E-state index contributed by atoms with van der Waals surface area (Å²) in [4.78, 5) is 12.1. The molecule has 164 valence electrons. The molecule has 3 aromatic rings. The summed E-state index contributed by atoms with van der Waals surface area (Å²) in [6, 6.07) is 15.1. The van der Waals surface area contributed by atoms with E-state index in [1.54, 1.807) is 26.0 Å². The van der Waals surface area contributed by atoms with Crippen LogP contribution in [0.2, 0.25) is 5.02 Å². The molecule has 0 fully saturated rings. The molecule has 1 amide bonds. The van der Waals surface area contributed by atoms with Crippen molar-refractivity contribution in [3.8, 4) is 11.4 Å². The Morgan fingerprint density at radius 1 is 1.06 bits per heavy atom. The van der Waals surface area contributed by atoms with Crippen molar-refractivity contribution in [3.63, 3.8) is 0 Å². The van der Waals surface area contributed by atoms with Crippen LogP contribution >= 0.6 is 23.4 Å². The smallest absolute Gasteiger partial charge is 0.251 e.